The number of ether oxygens (including phenoxy) is 2. The van der Waals surface area contributed by atoms with E-state index in [4.69, 9.17) is 36.0 Å². The van der Waals surface area contributed by atoms with Crippen LogP contribution in [-0.2, 0) is 20.8 Å². The van der Waals surface area contributed by atoms with Crippen molar-refractivity contribution in [2.75, 3.05) is 73.9 Å². The van der Waals surface area contributed by atoms with Gasteiger partial charge < -0.3 is 35.2 Å². The summed E-state index contributed by atoms with van der Waals surface area (Å²) in [7, 11) is 0. The molecule has 0 radical (unpaired) electrons. The highest BCUT2D eigenvalue weighted by atomic mass is 16.5. The molecule has 21 nitrogen and oxygen atoms in total. The molecule has 0 unspecified atom stereocenters. The maximum absolute atomic E-state index is 12.7. The Balaban J connectivity index is 0.720. The summed E-state index contributed by atoms with van der Waals surface area (Å²) in [5, 5.41) is 8.98. The Hall–Kier alpha value is -6.83. The van der Waals surface area contributed by atoms with Gasteiger partial charge in [-0.2, -0.15) is 10.1 Å². The molecule has 306 valence electrons. The fraction of sp³-hybridized carbons (Fsp3) is 0.421. The van der Waals surface area contributed by atoms with Gasteiger partial charge in [0, 0.05) is 93.9 Å². The second kappa shape index (κ2) is 19.5. The molecule has 5 aromatic heterocycles. The molecule has 1 aliphatic rings. The van der Waals surface area contributed by atoms with Crippen molar-refractivity contribution in [1.29, 1.82) is 0 Å². The number of oxazole rings is 1. The van der Waals surface area contributed by atoms with Gasteiger partial charge in [0.2, 0.25) is 11.9 Å². The van der Waals surface area contributed by atoms with E-state index in [-0.39, 0.29) is 17.6 Å². The van der Waals surface area contributed by atoms with E-state index in [0.29, 0.717) is 142 Å². The minimum Gasteiger partial charge on any atom is -0.424 e. The zero-order chi connectivity index (χ0) is 41.0. The maximum atomic E-state index is 12.7. The highest BCUT2D eigenvalue weighted by Crippen LogP contribution is 2.32. The molecular formula is C38H44N16O5. The highest BCUT2D eigenvalue weighted by Gasteiger charge is 2.22. The van der Waals surface area contributed by atoms with Gasteiger partial charge in [-0.3, -0.25) is 9.59 Å². The first-order chi connectivity index (χ1) is 28.9. The summed E-state index contributed by atoms with van der Waals surface area (Å²) in [5.74, 6) is 1.57. The molecule has 1 aromatic carbocycles. The number of hydrogen-bond acceptors (Lipinski definition) is 18. The van der Waals surface area contributed by atoms with E-state index in [1.165, 1.54) is 18.7 Å². The molecule has 0 amide bonds. The predicted octanol–water partition coefficient (Wildman–Crippen LogP) is 4.86. The van der Waals surface area contributed by atoms with Gasteiger partial charge in [0.05, 0.1) is 36.5 Å². The number of nitrogens with two attached hydrogens (primary N) is 2. The zero-order valence-corrected chi connectivity index (χ0v) is 32.4. The van der Waals surface area contributed by atoms with Gasteiger partial charge in [0.25, 0.3) is 6.01 Å². The lowest BCUT2D eigenvalue weighted by Gasteiger charge is -2.34. The fourth-order valence-electron chi connectivity index (χ4n) is 6.67. The number of anilines is 4. The van der Waals surface area contributed by atoms with Gasteiger partial charge in [0.15, 0.2) is 17.0 Å². The molecule has 59 heavy (non-hydrogen) atoms. The first-order valence-electron chi connectivity index (χ1n) is 19.4. The average molecular weight is 805 g/mol. The normalized spacial score (nSPS) is 12.9. The van der Waals surface area contributed by atoms with Crippen molar-refractivity contribution in [2.24, 2.45) is 5.11 Å². The number of aromatic nitrogens is 9. The third-order valence-electron chi connectivity index (χ3n) is 9.74. The van der Waals surface area contributed by atoms with Crippen LogP contribution in [0, 0.1) is 0 Å². The van der Waals surface area contributed by atoms with Gasteiger partial charge in [-0.25, -0.2) is 34.6 Å². The number of piperazine rings is 1. The second-order valence-corrected chi connectivity index (χ2v) is 13.8. The molecule has 4 N–H and O–H groups in total. The minimum absolute atomic E-state index is 0.0471. The van der Waals surface area contributed by atoms with Crippen molar-refractivity contribution in [3.63, 3.8) is 0 Å². The van der Waals surface area contributed by atoms with Gasteiger partial charge in [0.1, 0.15) is 29.1 Å². The number of nitrogen functional groups attached to an aromatic ring is 2. The Morgan fingerprint density at radius 1 is 0.814 bits per heavy atom. The first-order valence-corrected chi connectivity index (χ1v) is 19.4. The first kappa shape index (κ1) is 40.4. The fourth-order valence-corrected chi connectivity index (χ4v) is 6.67. The summed E-state index contributed by atoms with van der Waals surface area (Å²) in [6.45, 7) is 4.77. The van der Waals surface area contributed by atoms with E-state index < -0.39 is 0 Å². The summed E-state index contributed by atoms with van der Waals surface area (Å²) in [4.78, 5) is 62.2. The van der Waals surface area contributed by atoms with Crippen LogP contribution < -0.4 is 21.3 Å². The van der Waals surface area contributed by atoms with E-state index in [9.17, 15) is 9.59 Å². The molecule has 1 saturated heterocycles. The summed E-state index contributed by atoms with van der Waals surface area (Å²) >= 11 is 0. The summed E-state index contributed by atoms with van der Waals surface area (Å²) in [6, 6.07) is 5.61. The zero-order valence-electron chi connectivity index (χ0n) is 32.4. The summed E-state index contributed by atoms with van der Waals surface area (Å²) < 4.78 is 18.4. The molecule has 0 bridgehead atoms. The molecule has 0 spiro atoms. The van der Waals surface area contributed by atoms with Gasteiger partial charge >= 0.3 is 0 Å². The van der Waals surface area contributed by atoms with E-state index in [1.54, 1.807) is 18.5 Å². The van der Waals surface area contributed by atoms with Crippen LogP contribution in [0.3, 0.4) is 0 Å². The highest BCUT2D eigenvalue weighted by molar-refractivity contribution is 5.99. The van der Waals surface area contributed by atoms with Gasteiger partial charge in [-0.05, 0) is 43.0 Å². The minimum atomic E-state index is -0.0471. The predicted molar refractivity (Wildman–Crippen MR) is 218 cm³/mol. The molecule has 21 heteroatoms. The number of rotatable bonds is 21. The van der Waals surface area contributed by atoms with Crippen LogP contribution in [0.2, 0.25) is 0 Å². The van der Waals surface area contributed by atoms with Crippen LogP contribution >= 0.6 is 0 Å². The standard InChI is InChI=1S/C38H44N16O5/c39-34-32-33(25-7-8-31-29(19-25)48-36(40)59-31)50-54(35(32)47-24-46-34)10-3-1-2-5-28(55)9-16-58-18-17-57-15-4-6-30(56)26-20-42-37(43-21-26)52-11-13-53(14-12-52)38-44-22-27(23-45-38)49-51-41/h7-8,19-24H,1-6,9-18H2,(H2,40,48)(H2,39,46,47). The summed E-state index contributed by atoms with van der Waals surface area (Å²) in [6.07, 6.45) is 11.7. The van der Waals surface area contributed by atoms with Crippen molar-refractivity contribution >= 4 is 63.1 Å². The number of unbranched alkanes of at least 4 members (excludes halogenated alkanes) is 2. The van der Waals surface area contributed by atoms with Gasteiger partial charge in [-0.15, -0.1) is 0 Å². The van der Waals surface area contributed by atoms with Crippen LogP contribution in [0.1, 0.15) is 55.3 Å². The number of carbonyl (C=O) groups is 2. The lowest BCUT2D eigenvalue weighted by atomic mass is 10.1. The number of hydrogen-bond donors (Lipinski definition) is 2. The third-order valence-corrected chi connectivity index (χ3v) is 9.74. The Kier molecular flexibility index (Phi) is 13.4. The van der Waals surface area contributed by atoms with Crippen LogP contribution in [-0.4, -0.2) is 109 Å². The lowest BCUT2D eigenvalue weighted by molar-refractivity contribution is -0.120. The van der Waals surface area contributed by atoms with E-state index in [1.807, 2.05) is 26.6 Å². The molecule has 0 saturated carbocycles. The van der Waals surface area contributed by atoms with Crippen molar-refractivity contribution < 1.29 is 23.5 Å². The van der Waals surface area contributed by atoms with E-state index in [2.05, 4.69) is 44.9 Å². The van der Waals surface area contributed by atoms with Crippen LogP contribution in [0.15, 0.2) is 58.8 Å². The van der Waals surface area contributed by atoms with E-state index in [0.717, 1.165) is 24.8 Å². The molecular weight excluding hydrogens is 761 g/mol. The number of carbonyl (C=O) groups excluding carboxylic acids is 2. The molecule has 6 aromatic rings. The monoisotopic (exact) mass is 804 g/mol. The number of ketones is 2. The Labute approximate surface area is 337 Å². The number of fused-ring (bicyclic) bond motifs is 2. The number of nitrogens with zero attached hydrogens (tertiary/aromatic N) is 14. The van der Waals surface area contributed by atoms with Gasteiger partial charge in [-0.1, -0.05) is 11.5 Å². The number of Topliss-reactive ketones (excluding diaryl/α,β-unsaturated/α-hetero) is 2. The smallest absolute Gasteiger partial charge is 0.292 e. The van der Waals surface area contributed by atoms with Crippen molar-refractivity contribution in [3.8, 4) is 11.3 Å². The molecule has 6 heterocycles. The van der Waals surface area contributed by atoms with Crippen molar-refractivity contribution in [3.05, 3.63) is 65.3 Å². The number of benzene rings is 1. The van der Waals surface area contributed by atoms with Crippen molar-refractivity contribution in [1.82, 2.24) is 44.7 Å². The van der Waals surface area contributed by atoms with Crippen LogP contribution in [0.4, 0.5) is 29.4 Å². The molecule has 1 aliphatic heterocycles. The lowest BCUT2D eigenvalue weighted by Crippen LogP contribution is -2.47. The third kappa shape index (κ3) is 10.4. The van der Waals surface area contributed by atoms with Crippen LogP contribution in [0.5, 0.6) is 0 Å². The Morgan fingerprint density at radius 2 is 1.53 bits per heavy atom. The van der Waals surface area contributed by atoms with E-state index >= 15 is 0 Å². The topological polar surface area (TPSA) is 281 Å². The molecule has 7 rings (SSSR count). The molecule has 0 aliphatic carbocycles. The Bertz CT molecular complexity index is 2410. The maximum Gasteiger partial charge on any atom is 0.292 e. The average Bonchev–Trinajstić information content (AvgIpc) is 3.83. The molecule has 0 atom stereocenters. The summed E-state index contributed by atoms with van der Waals surface area (Å²) in [5.41, 5.74) is 24.6. The molecule has 1 fully saturated rings. The number of azide groups is 1. The van der Waals surface area contributed by atoms with Crippen LogP contribution in [0.25, 0.3) is 43.8 Å². The second-order valence-electron chi connectivity index (χ2n) is 13.8. The quantitative estimate of drug-likeness (QED) is 0.0323. The number of aryl methyl sites for hydroxylation is 1. The largest absolute Gasteiger partial charge is 0.424 e. The Morgan fingerprint density at radius 3 is 2.25 bits per heavy atom. The SMILES string of the molecule is [N-]=[N+]=Nc1cnc(N2CCN(c3ncc(C(=O)CCCOCCOCCC(=O)CCCCCn4nc(-c5ccc6oc(N)nc6c5)c5c(N)ncnc54)cn3)CC2)nc1. The van der Waals surface area contributed by atoms with Crippen molar-refractivity contribution in [2.45, 2.75) is 51.5 Å².